The molecule has 1 aromatic heterocycles. The molecule has 0 aliphatic carbocycles. The molecule has 12 heavy (non-hydrogen) atoms. The minimum absolute atomic E-state index is 0. The van der Waals surface area contributed by atoms with E-state index in [1.807, 2.05) is 18.5 Å². The van der Waals surface area contributed by atoms with Gasteiger partial charge in [-0.05, 0) is 30.9 Å². The fourth-order valence-corrected chi connectivity index (χ4v) is 1.37. The summed E-state index contributed by atoms with van der Waals surface area (Å²) in [6, 6.07) is 4.12. The van der Waals surface area contributed by atoms with Crippen molar-refractivity contribution < 1.29 is 0 Å². The highest BCUT2D eigenvalue weighted by atomic mass is 79.9. The number of nitrogens with zero attached hydrogens (tertiary/aromatic N) is 1. The van der Waals surface area contributed by atoms with Crippen LogP contribution in [0.15, 0.2) is 24.5 Å². The van der Waals surface area contributed by atoms with Gasteiger partial charge in [-0.1, -0.05) is 22.0 Å². The molecule has 0 saturated heterocycles. The number of aryl methyl sites for hydroxylation is 1. The number of aromatic nitrogens is 1. The van der Waals surface area contributed by atoms with E-state index >= 15 is 0 Å². The van der Waals surface area contributed by atoms with Gasteiger partial charge in [0.2, 0.25) is 0 Å². The van der Waals surface area contributed by atoms with Crippen molar-refractivity contribution in [2.75, 3.05) is 5.33 Å². The Morgan fingerprint density at radius 2 is 2.17 bits per heavy atom. The normalized spacial score (nSPS) is 9.08. The highest BCUT2D eigenvalue weighted by molar-refractivity contribution is 9.09. The number of halogens is 2. The highest BCUT2D eigenvalue weighted by Crippen LogP contribution is 2.03. The molecule has 0 amide bonds. The molecule has 0 unspecified atom stereocenters. The molecule has 1 heterocycles. The summed E-state index contributed by atoms with van der Waals surface area (Å²) in [5.74, 6) is 0. The minimum atomic E-state index is 0. The quantitative estimate of drug-likeness (QED) is 0.613. The molecule has 0 aromatic carbocycles. The summed E-state index contributed by atoms with van der Waals surface area (Å²) < 4.78 is 0. The maximum atomic E-state index is 4.05. The zero-order chi connectivity index (χ0) is 7.94. The van der Waals surface area contributed by atoms with Gasteiger partial charge in [0.25, 0.3) is 0 Å². The maximum absolute atomic E-state index is 4.05. The lowest BCUT2D eigenvalue weighted by atomic mass is 10.1. The van der Waals surface area contributed by atoms with Crippen molar-refractivity contribution in [2.45, 2.75) is 19.3 Å². The molecule has 68 valence electrons. The van der Waals surface area contributed by atoms with Gasteiger partial charge < -0.3 is 0 Å². The third-order valence-corrected chi connectivity index (χ3v) is 2.13. The third kappa shape index (κ3) is 4.88. The van der Waals surface area contributed by atoms with E-state index in [0.29, 0.717) is 0 Å². The van der Waals surface area contributed by atoms with Crippen LogP contribution in [0.25, 0.3) is 0 Å². The van der Waals surface area contributed by atoms with Crippen LogP contribution >= 0.6 is 32.9 Å². The number of hydrogen-bond acceptors (Lipinski definition) is 1. The first-order valence-electron chi connectivity index (χ1n) is 3.88. The fraction of sp³-hybridized carbons (Fsp3) is 0.444. The Morgan fingerprint density at radius 3 is 2.75 bits per heavy atom. The Bertz CT molecular complexity index is 189. The monoisotopic (exact) mass is 293 g/mol. The molecular formula is C9H13Br2N. The molecule has 0 aliphatic rings. The van der Waals surface area contributed by atoms with Crippen molar-refractivity contribution in [1.82, 2.24) is 4.98 Å². The molecular weight excluding hydrogens is 282 g/mol. The number of unbranched alkanes of at least 4 members (excludes halogenated alkanes) is 1. The van der Waals surface area contributed by atoms with E-state index in [1.165, 1.54) is 18.4 Å². The standard InChI is InChI=1S/C9H12BrN.BrH/c10-6-2-1-4-9-5-3-7-11-8-9;/h3,5,7-8H,1-2,4,6H2;1H. The van der Waals surface area contributed by atoms with E-state index in [2.05, 4.69) is 27.0 Å². The molecule has 0 spiro atoms. The van der Waals surface area contributed by atoms with Crippen molar-refractivity contribution >= 4 is 32.9 Å². The molecule has 1 rings (SSSR count). The molecule has 0 saturated carbocycles. The van der Waals surface area contributed by atoms with Crippen LogP contribution in [0.5, 0.6) is 0 Å². The Kier molecular flexibility index (Phi) is 7.81. The summed E-state index contributed by atoms with van der Waals surface area (Å²) in [6.45, 7) is 0. The molecule has 0 bridgehead atoms. The Labute approximate surface area is 92.5 Å². The van der Waals surface area contributed by atoms with Crippen molar-refractivity contribution in [1.29, 1.82) is 0 Å². The van der Waals surface area contributed by atoms with E-state index in [0.717, 1.165) is 11.8 Å². The highest BCUT2D eigenvalue weighted by Gasteiger charge is 1.90. The third-order valence-electron chi connectivity index (χ3n) is 1.57. The summed E-state index contributed by atoms with van der Waals surface area (Å²) in [5, 5.41) is 1.10. The average molecular weight is 295 g/mol. The van der Waals surface area contributed by atoms with Crippen molar-refractivity contribution in [2.24, 2.45) is 0 Å². The average Bonchev–Trinajstić information content (AvgIpc) is 2.07. The predicted molar refractivity (Wildman–Crippen MR) is 61.3 cm³/mol. The van der Waals surface area contributed by atoms with Crippen molar-refractivity contribution in [3.63, 3.8) is 0 Å². The fourth-order valence-electron chi connectivity index (χ4n) is 0.970. The van der Waals surface area contributed by atoms with Crippen LogP contribution in [-0.2, 0) is 6.42 Å². The minimum Gasteiger partial charge on any atom is -0.264 e. The lowest BCUT2D eigenvalue weighted by Crippen LogP contribution is -1.86. The van der Waals surface area contributed by atoms with Crippen molar-refractivity contribution in [3.05, 3.63) is 30.1 Å². The lowest BCUT2D eigenvalue weighted by Gasteiger charge is -1.97. The first-order chi connectivity index (χ1) is 5.43. The van der Waals surface area contributed by atoms with E-state index in [9.17, 15) is 0 Å². The summed E-state index contributed by atoms with van der Waals surface area (Å²) in [6.07, 6.45) is 7.40. The summed E-state index contributed by atoms with van der Waals surface area (Å²) in [4.78, 5) is 4.05. The van der Waals surface area contributed by atoms with Crippen LogP contribution in [0.1, 0.15) is 18.4 Å². The van der Waals surface area contributed by atoms with Gasteiger partial charge in [-0.25, -0.2) is 0 Å². The summed E-state index contributed by atoms with van der Waals surface area (Å²) in [7, 11) is 0. The van der Waals surface area contributed by atoms with Crippen LogP contribution in [0.4, 0.5) is 0 Å². The summed E-state index contributed by atoms with van der Waals surface area (Å²) >= 11 is 3.41. The molecule has 1 aromatic rings. The van der Waals surface area contributed by atoms with Gasteiger partial charge in [0.15, 0.2) is 0 Å². The Hall–Kier alpha value is 0.110. The van der Waals surface area contributed by atoms with Crippen LogP contribution in [0, 0.1) is 0 Å². The van der Waals surface area contributed by atoms with Gasteiger partial charge >= 0.3 is 0 Å². The molecule has 0 fully saturated rings. The van der Waals surface area contributed by atoms with Crippen LogP contribution in [0.3, 0.4) is 0 Å². The molecule has 1 nitrogen and oxygen atoms in total. The van der Waals surface area contributed by atoms with E-state index in [4.69, 9.17) is 0 Å². The topological polar surface area (TPSA) is 12.9 Å². The largest absolute Gasteiger partial charge is 0.264 e. The molecule has 0 N–H and O–H groups in total. The van der Waals surface area contributed by atoms with Gasteiger partial charge in [-0.15, -0.1) is 17.0 Å². The molecule has 0 radical (unpaired) electrons. The van der Waals surface area contributed by atoms with E-state index in [1.54, 1.807) is 0 Å². The zero-order valence-corrected chi connectivity index (χ0v) is 10.2. The lowest BCUT2D eigenvalue weighted by molar-refractivity contribution is 0.803. The second kappa shape index (κ2) is 7.74. The number of hydrogen-bond donors (Lipinski definition) is 0. The maximum Gasteiger partial charge on any atom is 0.0299 e. The van der Waals surface area contributed by atoms with Crippen LogP contribution in [-0.4, -0.2) is 10.3 Å². The first-order valence-corrected chi connectivity index (χ1v) is 5.00. The number of rotatable bonds is 4. The van der Waals surface area contributed by atoms with Crippen molar-refractivity contribution in [3.8, 4) is 0 Å². The van der Waals surface area contributed by atoms with Gasteiger partial charge in [-0.2, -0.15) is 0 Å². The zero-order valence-electron chi connectivity index (χ0n) is 6.87. The van der Waals surface area contributed by atoms with Gasteiger partial charge in [0.1, 0.15) is 0 Å². The number of alkyl halides is 1. The van der Waals surface area contributed by atoms with E-state index < -0.39 is 0 Å². The predicted octanol–water partition coefficient (Wildman–Crippen LogP) is 3.38. The smallest absolute Gasteiger partial charge is 0.0299 e. The van der Waals surface area contributed by atoms with Crippen LogP contribution in [0.2, 0.25) is 0 Å². The SMILES string of the molecule is Br.BrCCCCc1cccnc1. The molecule has 0 atom stereocenters. The van der Waals surface area contributed by atoms with Gasteiger partial charge in [0.05, 0.1) is 0 Å². The Balaban J connectivity index is 0.00000121. The van der Waals surface area contributed by atoms with Crippen LogP contribution < -0.4 is 0 Å². The number of pyridine rings is 1. The van der Waals surface area contributed by atoms with E-state index in [-0.39, 0.29) is 17.0 Å². The second-order valence-electron chi connectivity index (χ2n) is 2.51. The second-order valence-corrected chi connectivity index (χ2v) is 3.30. The summed E-state index contributed by atoms with van der Waals surface area (Å²) in [5.41, 5.74) is 1.34. The van der Waals surface area contributed by atoms with Gasteiger partial charge in [-0.3, -0.25) is 4.98 Å². The molecule has 0 aliphatic heterocycles. The Morgan fingerprint density at radius 1 is 1.33 bits per heavy atom. The first kappa shape index (κ1) is 12.1. The van der Waals surface area contributed by atoms with Gasteiger partial charge in [0, 0.05) is 17.7 Å². The molecule has 3 heteroatoms.